The Balaban J connectivity index is 2.25. The summed E-state index contributed by atoms with van der Waals surface area (Å²) in [4.78, 5) is 2.57. The highest BCUT2D eigenvalue weighted by Crippen LogP contribution is 2.40. The van der Waals surface area contributed by atoms with E-state index in [2.05, 4.69) is 42.3 Å². The van der Waals surface area contributed by atoms with Gasteiger partial charge in [-0.2, -0.15) is 0 Å². The quantitative estimate of drug-likeness (QED) is 0.853. The number of rotatable bonds is 6. The van der Waals surface area contributed by atoms with Gasteiger partial charge >= 0.3 is 0 Å². The minimum absolute atomic E-state index is 0.486. The second-order valence-electron chi connectivity index (χ2n) is 5.17. The van der Waals surface area contributed by atoms with E-state index in [9.17, 15) is 0 Å². The van der Waals surface area contributed by atoms with E-state index in [1.54, 1.807) is 7.11 Å². The maximum Gasteiger partial charge on any atom is 0.123 e. The van der Waals surface area contributed by atoms with Gasteiger partial charge in [0, 0.05) is 11.6 Å². The third-order valence-electron chi connectivity index (χ3n) is 4.15. The molecule has 1 fully saturated rings. The molecule has 2 rings (SSSR count). The molecular weight excluding hydrogens is 236 g/mol. The van der Waals surface area contributed by atoms with E-state index in [0.717, 1.165) is 25.4 Å². The smallest absolute Gasteiger partial charge is 0.123 e. The first kappa shape index (κ1) is 14.4. The van der Waals surface area contributed by atoms with Crippen molar-refractivity contribution in [1.82, 2.24) is 10.2 Å². The van der Waals surface area contributed by atoms with Gasteiger partial charge in [0.05, 0.1) is 7.11 Å². The summed E-state index contributed by atoms with van der Waals surface area (Å²) in [5.41, 5.74) is 1.34. The summed E-state index contributed by atoms with van der Waals surface area (Å²) in [7, 11) is 1.77. The number of ether oxygens (including phenoxy) is 1. The maximum atomic E-state index is 5.56. The van der Waals surface area contributed by atoms with Crippen LogP contribution < -0.4 is 10.1 Å². The van der Waals surface area contributed by atoms with Crippen LogP contribution in [0.25, 0.3) is 0 Å². The van der Waals surface area contributed by atoms with Crippen LogP contribution in [0, 0.1) is 5.92 Å². The van der Waals surface area contributed by atoms with Crippen LogP contribution in [-0.4, -0.2) is 38.2 Å². The molecule has 1 aromatic rings. The summed E-state index contributed by atoms with van der Waals surface area (Å²) >= 11 is 0. The summed E-state index contributed by atoms with van der Waals surface area (Å²) < 4.78 is 5.56. The van der Waals surface area contributed by atoms with Crippen LogP contribution in [0.1, 0.15) is 31.9 Å². The number of benzene rings is 1. The molecule has 3 heteroatoms. The van der Waals surface area contributed by atoms with Crippen molar-refractivity contribution in [3.05, 3.63) is 29.8 Å². The fourth-order valence-corrected chi connectivity index (χ4v) is 3.19. The monoisotopic (exact) mass is 262 g/mol. The normalized spacial score (nSPS) is 23.7. The molecule has 2 atom stereocenters. The molecule has 1 aromatic carbocycles. The summed E-state index contributed by atoms with van der Waals surface area (Å²) in [6, 6.07) is 8.95. The fourth-order valence-electron chi connectivity index (χ4n) is 3.19. The largest absolute Gasteiger partial charge is 0.496 e. The van der Waals surface area contributed by atoms with Gasteiger partial charge in [0.25, 0.3) is 0 Å². The molecule has 1 saturated heterocycles. The first-order valence-electron chi connectivity index (χ1n) is 7.39. The highest BCUT2D eigenvalue weighted by atomic mass is 16.5. The molecule has 0 bridgehead atoms. The van der Waals surface area contributed by atoms with Gasteiger partial charge < -0.3 is 10.1 Å². The Hall–Kier alpha value is -1.06. The molecule has 0 radical (unpaired) electrons. The summed E-state index contributed by atoms with van der Waals surface area (Å²) in [6.07, 6.45) is 1.27. The van der Waals surface area contributed by atoms with Crippen molar-refractivity contribution in [1.29, 1.82) is 0 Å². The first-order chi connectivity index (χ1) is 9.31. The van der Waals surface area contributed by atoms with E-state index in [0.29, 0.717) is 12.0 Å². The number of nitrogens with one attached hydrogen (secondary N) is 1. The van der Waals surface area contributed by atoms with Crippen molar-refractivity contribution in [2.75, 3.05) is 33.3 Å². The van der Waals surface area contributed by atoms with Crippen LogP contribution in [0.5, 0.6) is 5.75 Å². The van der Waals surface area contributed by atoms with E-state index in [1.165, 1.54) is 18.5 Å². The van der Waals surface area contributed by atoms with E-state index >= 15 is 0 Å². The zero-order chi connectivity index (χ0) is 13.7. The zero-order valence-corrected chi connectivity index (χ0v) is 12.4. The molecule has 1 N–H and O–H groups in total. The van der Waals surface area contributed by atoms with E-state index in [4.69, 9.17) is 4.74 Å². The molecule has 0 spiro atoms. The summed E-state index contributed by atoms with van der Waals surface area (Å²) in [6.45, 7) is 8.85. The molecule has 1 aliphatic rings. The fraction of sp³-hybridized carbons (Fsp3) is 0.625. The van der Waals surface area contributed by atoms with Gasteiger partial charge in [0.2, 0.25) is 0 Å². The van der Waals surface area contributed by atoms with E-state index < -0.39 is 0 Å². The minimum Gasteiger partial charge on any atom is -0.496 e. The lowest BCUT2D eigenvalue weighted by molar-refractivity contribution is 0.231. The standard InChI is InChI=1S/C16H26N2O/c1-4-17-12-13-10-11-18(5-2)16(13)14-8-6-7-9-15(14)19-3/h6-9,13,16-17H,4-5,10-12H2,1-3H3/t13-,16-/m0/s1. The molecule has 0 unspecified atom stereocenters. The lowest BCUT2D eigenvalue weighted by Gasteiger charge is -2.29. The molecule has 0 aliphatic carbocycles. The lowest BCUT2D eigenvalue weighted by Crippen LogP contribution is -2.30. The number of hydrogen-bond donors (Lipinski definition) is 1. The SMILES string of the molecule is CCNC[C@@H]1CCN(CC)[C@@H]1c1ccccc1OC. The van der Waals surface area contributed by atoms with Crippen LogP contribution in [0.4, 0.5) is 0 Å². The van der Waals surface area contributed by atoms with Gasteiger partial charge in [-0.25, -0.2) is 0 Å². The highest BCUT2D eigenvalue weighted by Gasteiger charge is 2.35. The second kappa shape index (κ2) is 6.92. The maximum absolute atomic E-state index is 5.56. The zero-order valence-electron chi connectivity index (χ0n) is 12.4. The third kappa shape index (κ3) is 3.10. The van der Waals surface area contributed by atoms with E-state index in [1.807, 2.05) is 6.07 Å². The molecule has 3 nitrogen and oxygen atoms in total. The first-order valence-corrected chi connectivity index (χ1v) is 7.39. The Kier molecular flexibility index (Phi) is 5.23. The van der Waals surface area contributed by atoms with Crippen molar-refractivity contribution in [2.24, 2.45) is 5.92 Å². The van der Waals surface area contributed by atoms with Crippen LogP contribution in [0.15, 0.2) is 24.3 Å². The Morgan fingerprint density at radius 3 is 2.79 bits per heavy atom. The third-order valence-corrected chi connectivity index (χ3v) is 4.15. The van der Waals surface area contributed by atoms with Gasteiger partial charge in [-0.15, -0.1) is 0 Å². The van der Waals surface area contributed by atoms with Crippen LogP contribution in [-0.2, 0) is 0 Å². The molecule has 0 aromatic heterocycles. The van der Waals surface area contributed by atoms with Gasteiger partial charge in [-0.1, -0.05) is 32.0 Å². The molecule has 0 saturated carbocycles. The average Bonchev–Trinajstić information content (AvgIpc) is 2.87. The molecular formula is C16H26N2O. The summed E-state index contributed by atoms with van der Waals surface area (Å²) in [5, 5.41) is 3.50. The van der Waals surface area contributed by atoms with Gasteiger partial charge in [0.15, 0.2) is 0 Å². The molecule has 106 valence electrons. The van der Waals surface area contributed by atoms with Gasteiger partial charge in [-0.3, -0.25) is 4.90 Å². The second-order valence-corrected chi connectivity index (χ2v) is 5.17. The minimum atomic E-state index is 0.486. The Morgan fingerprint density at radius 2 is 2.11 bits per heavy atom. The number of hydrogen-bond acceptors (Lipinski definition) is 3. The van der Waals surface area contributed by atoms with Crippen molar-refractivity contribution in [3.63, 3.8) is 0 Å². The molecule has 19 heavy (non-hydrogen) atoms. The van der Waals surface area contributed by atoms with Crippen molar-refractivity contribution in [2.45, 2.75) is 26.3 Å². The number of para-hydroxylation sites is 1. The Bertz CT molecular complexity index is 394. The van der Waals surface area contributed by atoms with Crippen molar-refractivity contribution in [3.8, 4) is 5.75 Å². The van der Waals surface area contributed by atoms with Crippen LogP contribution in [0.3, 0.4) is 0 Å². The predicted octanol–water partition coefficient (Wildman–Crippen LogP) is 2.69. The number of nitrogens with zero attached hydrogens (tertiary/aromatic N) is 1. The predicted molar refractivity (Wildman–Crippen MR) is 79.6 cm³/mol. The number of methoxy groups -OCH3 is 1. The van der Waals surface area contributed by atoms with Crippen LogP contribution >= 0.6 is 0 Å². The topological polar surface area (TPSA) is 24.5 Å². The number of likely N-dealkylation sites (tertiary alicyclic amines) is 1. The molecule has 0 amide bonds. The lowest BCUT2D eigenvalue weighted by atomic mass is 9.93. The highest BCUT2D eigenvalue weighted by molar-refractivity contribution is 5.37. The van der Waals surface area contributed by atoms with Crippen LogP contribution in [0.2, 0.25) is 0 Å². The van der Waals surface area contributed by atoms with Crippen molar-refractivity contribution < 1.29 is 4.74 Å². The summed E-state index contributed by atoms with van der Waals surface area (Å²) in [5.74, 6) is 1.70. The molecule has 1 heterocycles. The van der Waals surface area contributed by atoms with Gasteiger partial charge in [0.1, 0.15) is 5.75 Å². The molecule has 1 aliphatic heterocycles. The van der Waals surface area contributed by atoms with Crippen molar-refractivity contribution >= 4 is 0 Å². The Labute approximate surface area is 116 Å². The average molecular weight is 262 g/mol. The van der Waals surface area contributed by atoms with E-state index in [-0.39, 0.29) is 0 Å². The van der Waals surface area contributed by atoms with Gasteiger partial charge in [-0.05, 0) is 44.6 Å². The Morgan fingerprint density at radius 1 is 1.32 bits per heavy atom.